The van der Waals surface area contributed by atoms with E-state index in [2.05, 4.69) is 98.5 Å². The maximum absolute atomic E-state index is 10.2. The van der Waals surface area contributed by atoms with E-state index in [4.69, 9.17) is 5.26 Å². The van der Waals surface area contributed by atoms with Crippen LogP contribution >= 0.6 is 0 Å². The molecule has 0 atom stereocenters. The van der Waals surface area contributed by atoms with Crippen LogP contribution in [0.2, 0.25) is 0 Å². The molecule has 5 heteroatoms. The number of nitriles is 2. The molecule has 0 unspecified atom stereocenters. The van der Waals surface area contributed by atoms with Crippen molar-refractivity contribution in [3.05, 3.63) is 89.2 Å². The van der Waals surface area contributed by atoms with Crippen LogP contribution in [0, 0.1) is 22.7 Å². The van der Waals surface area contributed by atoms with Gasteiger partial charge in [-0.05, 0) is 52.3 Å². The summed E-state index contributed by atoms with van der Waals surface area (Å²) < 4.78 is 2.22. The minimum atomic E-state index is -0.0130. The molecule has 0 spiro atoms. The first-order chi connectivity index (χ1) is 17.5. The second-order valence-corrected chi connectivity index (χ2v) is 11.6. The lowest BCUT2D eigenvalue weighted by Crippen LogP contribution is -2.11. The number of nitrogens with zero attached hydrogens (tertiary/aromatic N) is 5. The van der Waals surface area contributed by atoms with Crippen molar-refractivity contribution in [2.45, 2.75) is 52.4 Å². The molecule has 0 aliphatic heterocycles. The fraction of sp³-hybridized carbons (Fsp3) is 0.250. The number of hydrogen-bond acceptors (Lipinski definition) is 4. The van der Waals surface area contributed by atoms with E-state index in [1.54, 1.807) is 0 Å². The molecule has 2 aromatic heterocycles. The van der Waals surface area contributed by atoms with Crippen LogP contribution in [0.1, 0.15) is 63.8 Å². The summed E-state index contributed by atoms with van der Waals surface area (Å²) in [5, 5.41) is 21.6. The van der Waals surface area contributed by atoms with Gasteiger partial charge in [-0.3, -0.25) is 0 Å². The SMILES string of the molecule is CC(C)(C)c1ccc2c3ccc(C(C)(C)C)cc3n(-c3ccc(-c4ncc(C#N)cn4)cc3C#N)c2c1. The summed E-state index contributed by atoms with van der Waals surface area (Å²) in [6.45, 7) is 13.3. The zero-order valence-corrected chi connectivity index (χ0v) is 22.1. The monoisotopic (exact) mass is 483 g/mol. The Labute approximate surface area is 217 Å². The predicted octanol–water partition coefficient (Wildman–Crippen LogP) is 7.58. The minimum Gasteiger partial charge on any atom is -0.308 e. The highest BCUT2D eigenvalue weighted by Crippen LogP contribution is 2.38. The number of benzene rings is 3. The third-order valence-corrected chi connectivity index (χ3v) is 6.90. The van der Waals surface area contributed by atoms with Crippen LogP contribution in [0.5, 0.6) is 0 Å². The Morgan fingerprint density at radius 1 is 0.676 bits per heavy atom. The van der Waals surface area contributed by atoms with E-state index in [-0.39, 0.29) is 10.8 Å². The van der Waals surface area contributed by atoms with Gasteiger partial charge in [0.2, 0.25) is 0 Å². The van der Waals surface area contributed by atoms with Crippen molar-refractivity contribution in [2.75, 3.05) is 0 Å². The van der Waals surface area contributed by atoms with Gasteiger partial charge < -0.3 is 4.57 Å². The first kappa shape index (κ1) is 24.2. The smallest absolute Gasteiger partial charge is 0.159 e. The molecule has 2 heterocycles. The van der Waals surface area contributed by atoms with E-state index >= 15 is 0 Å². The van der Waals surface area contributed by atoms with E-state index in [1.807, 2.05) is 24.3 Å². The molecule has 5 nitrogen and oxygen atoms in total. The van der Waals surface area contributed by atoms with Crippen LogP contribution in [0.4, 0.5) is 0 Å². The van der Waals surface area contributed by atoms with Crippen LogP contribution in [0.25, 0.3) is 38.9 Å². The molecule has 0 N–H and O–H groups in total. The highest BCUT2D eigenvalue weighted by atomic mass is 15.0. The summed E-state index contributed by atoms with van der Waals surface area (Å²) in [4.78, 5) is 8.63. The van der Waals surface area contributed by atoms with Crippen molar-refractivity contribution in [1.82, 2.24) is 14.5 Å². The van der Waals surface area contributed by atoms with Crippen molar-refractivity contribution in [1.29, 1.82) is 10.5 Å². The topological polar surface area (TPSA) is 78.3 Å². The number of aromatic nitrogens is 3. The first-order valence-corrected chi connectivity index (χ1v) is 12.4. The zero-order valence-electron chi connectivity index (χ0n) is 22.1. The quantitative estimate of drug-likeness (QED) is 0.259. The maximum atomic E-state index is 10.2. The third kappa shape index (κ3) is 4.24. The molecule has 3 aromatic carbocycles. The van der Waals surface area contributed by atoms with E-state index in [9.17, 15) is 5.26 Å². The van der Waals surface area contributed by atoms with Crippen molar-refractivity contribution in [3.8, 4) is 29.2 Å². The molecule has 0 aliphatic rings. The molecule has 0 aliphatic carbocycles. The fourth-order valence-electron chi connectivity index (χ4n) is 4.71. The molecular formula is C32H29N5. The van der Waals surface area contributed by atoms with Crippen LogP contribution in [0.15, 0.2) is 67.0 Å². The van der Waals surface area contributed by atoms with Gasteiger partial charge >= 0.3 is 0 Å². The standard InChI is InChI=1S/C32H29N5/c1-31(2,3)23-8-10-25-26-11-9-24(32(4,5)6)15-29(26)37(28(25)14-23)27-12-7-21(13-22(27)17-34)30-35-18-20(16-33)19-36-30/h7-15,18-19H,1-6H3. The Kier molecular flexibility index (Phi) is 5.61. The van der Waals surface area contributed by atoms with E-state index in [1.165, 1.54) is 23.5 Å². The Hall–Kier alpha value is -4.48. The van der Waals surface area contributed by atoms with Crippen LogP contribution in [-0.2, 0) is 10.8 Å². The van der Waals surface area contributed by atoms with Gasteiger partial charge in [-0.2, -0.15) is 10.5 Å². The van der Waals surface area contributed by atoms with Crippen molar-refractivity contribution >= 4 is 21.8 Å². The van der Waals surface area contributed by atoms with Crippen molar-refractivity contribution < 1.29 is 0 Å². The van der Waals surface area contributed by atoms with Gasteiger partial charge in [-0.15, -0.1) is 0 Å². The van der Waals surface area contributed by atoms with Crippen molar-refractivity contribution in [3.63, 3.8) is 0 Å². The lowest BCUT2D eigenvalue weighted by Gasteiger charge is -2.20. The highest BCUT2D eigenvalue weighted by molar-refractivity contribution is 6.10. The molecule has 0 saturated carbocycles. The minimum absolute atomic E-state index is 0.0130. The summed E-state index contributed by atoms with van der Waals surface area (Å²) in [6, 6.07) is 23.5. The molecule has 5 rings (SSSR count). The van der Waals surface area contributed by atoms with Gasteiger partial charge in [0.05, 0.1) is 27.8 Å². The van der Waals surface area contributed by atoms with E-state index < -0.39 is 0 Å². The Morgan fingerprint density at radius 2 is 1.22 bits per heavy atom. The second-order valence-electron chi connectivity index (χ2n) is 11.6. The van der Waals surface area contributed by atoms with Crippen molar-refractivity contribution in [2.24, 2.45) is 0 Å². The first-order valence-electron chi connectivity index (χ1n) is 12.4. The molecule has 5 aromatic rings. The van der Waals surface area contributed by atoms with Gasteiger partial charge in [0.15, 0.2) is 5.82 Å². The Bertz CT molecular complexity index is 1670. The lowest BCUT2D eigenvalue weighted by molar-refractivity contribution is 0.591. The Morgan fingerprint density at radius 3 is 1.68 bits per heavy atom. The molecule has 0 amide bonds. The van der Waals surface area contributed by atoms with Gasteiger partial charge in [0.25, 0.3) is 0 Å². The second kappa shape index (κ2) is 8.57. The van der Waals surface area contributed by atoms with Gasteiger partial charge in [-0.1, -0.05) is 65.8 Å². The summed E-state index contributed by atoms with van der Waals surface area (Å²) in [7, 11) is 0. The number of fused-ring (bicyclic) bond motifs is 3. The number of rotatable bonds is 2. The summed E-state index contributed by atoms with van der Waals surface area (Å²) in [5.74, 6) is 0.481. The van der Waals surface area contributed by atoms with E-state index in [0.29, 0.717) is 17.0 Å². The lowest BCUT2D eigenvalue weighted by atomic mass is 9.86. The van der Waals surface area contributed by atoms with Gasteiger partial charge in [0.1, 0.15) is 12.1 Å². The summed E-state index contributed by atoms with van der Waals surface area (Å²) >= 11 is 0. The molecule has 0 fully saturated rings. The maximum Gasteiger partial charge on any atom is 0.159 e. The highest BCUT2D eigenvalue weighted by Gasteiger charge is 2.22. The third-order valence-electron chi connectivity index (χ3n) is 6.90. The Balaban J connectivity index is 1.82. The van der Waals surface area contributed by atoms with E-state index in [0.717, 1.165) is 33.1 Å². The average molecular weight is 484 g/mol. The van der Waals surface area contributed by atoms with Gasteiger partial charge in [0, 0.05) is 28.7 Å². The summed E-state index contributed by atoms with van der Waals surface area (Å²) in [5.41, 5.74) is 7.08. The van der Waals surface area contributed by atoms with Gasteiger partial charge in [-0.25, -0.2) is 9.97 Å². The molecular weight excluding hydrogens is 454 g/mol. The van der Waals surface area contributed by atoms with Crippen LogP contribution < -0.4 is 0 Å². The normalized spacial score (nSPS) is 12.0. The molecule has 0 radical (unpaired) electrons. The zero-order chi connectivity index (χ0) is 26.5. The molecule has 0 bridgehead atoms. The summed E-state index contributed by atoms with van der Waals surface area (Å²) in [6.07, 6.45) is 2.99. The van der Waals surface area contributed by atoms with Crippen LogP contribution in [0.3, 0.4) is 0 Å². The molecule has 182 valence electrons. The fourth-order valence-corrected chi connectivity index (χ4v) is 4.71. The largest absolute Gasteiger partial charge is 0.308 e. The molecule has 0 saturated heterocycles. The predicted molar refractivity (Wildman–Crippen MR) is 149 cm³/mol. The molecule has 37 heavy (non-hydrogen) atoms. The average Bonchev–Trinajstić information content (AvgIpc) is 3.20. The van der Waals surface area contributed by atoms with Crippen LogP contribution in [-0.4, -0.2) is 14.5 Å². The number of hydrogen-bond donors (Lipinski definition) is 0.